The fourth-order valence-corrected chi connectivity index (χ4v) is 2.01. The molecule has 0 aliphatic carbocycles. The highest BCUT2D eigenvalue weighted by atomic mass is 19.3. The molecule has 1 aromatic carbocycles. The van der Waals surface area contributed by atoms with E-state index >= 15 is 0 Å². The SMILES string of the molecule is CCC(CC)C(N)c1ccccc1OC(F)F. The topological polar surface area (TPSA) is 35.2 Å². The number of hydrogen-bond donors (Lipinski definition) is 1. The minimum absolute atomic E-state index is 0.182. The summed E-state index contributed by atoms with van der Waals surface area (Å²) in [6, 6.07) is 6.47. The lowest BCUT2D eigenvalue weighted by Gasteiger charge is -2.23. The number of para-hydroxylation sites is 1. The van der Waals surface area contributed by atoms with Gasteiger partial charge in [0.2, 0.25) is 0 Å². The normalized spacial score (nSPS) is 13.1. The lowest BCUT2D eigenvalue weighted by molar-refractivity contribution is -0.0507. The Bertz CT molecular complexity index is 340. The third-order valence-corrected chi connectivity index (χ3v) is 3.05. The number of benzene rings is 1. The summed E-state index contributed by atoms with van der Waals surface area (Å²) in [5.41, 5.74) is 6.77. The molecule has 96 valence electrons. The molecule has 4 heteroatoms. The second-order valence-electron chi connectivity index (χ2n) is 4.02. The zero-order valence-corrected chi connectivity index (χ0v) is 10.2. The highest BCUT2D eigenvalue weighted by Gasteiger charge is 2.20. The molecule has 0 aromatic heterocycles. The van der Waals surface area contributed by atoms with E-state index in [1.165, 1.54) is 6.07 Å². The predicted octanol–water partition coefficient (Wildman–Crippen LogP) is 3.72. The van der Waals surface area contributed by atoms with E-state index in [9.17, 15) is 8.78 Å². The fourth-order valence-electron chi connectivity index (χ4n) is 2.01. The number of ether oxygens (including phenoxy) is 1. The Morgan fingerprint density at radius 3 is 2.29 bits per heavy atom. The van der Waals surface area contributed by atoms with Gasteiger partial charge in [0.1, 0.15) is 5.75 Å². The second kappa shape index (κ2) is 6.55. The van der Waals surface area contributed by atoms with Crippen LogP contribution < -0.4 is 10.5 Å². The van der Waals surface area contributed by atoms with Crippen molar-refractivity contribution in [3.63, 3.8) is 0 Å². The van der Waals surface area contributed by atoms with E-state index in [4.69, 9.17) is 5.73 Å². The summed E-state index contributed by atoms with van der Waals surface area (Å²) in [6.45, 7) is 1.28. The largest absolute Gasteiger partial charge is 0.434 e. The standard InChI is InChI=1S/C13H19F2NO/c1-3-9(4-2)12(16)10-7-5-6-8-11(10)17-13(14)15/h5-9,12-13H,3-4,16H2,1-2H3. The van der Waals surface area contributed by atoms with Gasteiger partial charge in [-0.1, -0.05) is 44.9 Å². The average molecular weight is 243 g/mol. The van der Waals surface area contributed by atoms with Gasteiger partial charge in [-0.2, -0.15) is 8.78 Å². The van der Waals surface area contributed by atoms with Crippen LogP contribution in [0.4, 0.5) is 8.78 Å². The molecule has 0 saturated heterocycles. The van der Waals surface area contributed by atoms with Crippen molar-refractivity contribution in [1.82, 2.24) is 0 Å². The maximum absolute atomic E-state index is 12.3. The zero-order chi connectivity index (χ0) is 12.8. The Labute approximate surface area is 101 Å². The molecule has 0 saturated carbocycles. The summed E-state index contributed by atoms with van der Waals surface area (Å²) in [5, 5.41) is 0. The molecular weight excluding hydrogens is 224 g/mol. The van der Waals surface area contributed by atoms with Crippen LogP contribution >= 0.6 is 0 Å². The minimum atomic E-state index is -2.81. The first-order chi connectivity index (χ1) is 8.10. The summed E-state index contributed by atoms with van der Waals surface area (Å²) in [6.07, 6.45) is 1.83. The van der Waals surface area contributed by atoms with Crippen LogP contribution in [-0.2, 0) is 0 Å². The molecule has 2 nitrogen and oxygen atoms in total. The van der Waals surface area contributed by atoms with Gasteiger partial charge in [-0.3, -0.25) is 0 Å². The van der Waals surface area contributed by atoms with Crippen molar-refractivity contribution >= 4 is 0 Å². The molecule has 17 heavy (non-hydrogen) atoms. The molecule has 0 heterocycles. The van der Waals surface area contributed by atoms with Gasteiger partial charge in [-0.05, 0) is 12.0 Å². The van der Waals surface area contributed by atoms with E-state index in [-0.39, 0.29) is 17.7 Å². The Morgan fingerprint density at radius 2 is 1.76 bits per heavy atom. The van der Waals surface area contributed by atoms with Gasteiger partial charge >= 0.3 is 6.61 Å². The van der Waals surface area contributed by atoms with Gasteiger partial charge in [0.15, 0.2) is 0 Å². The van der Waals surface area contributed by atoms with Crippen molar-refractivity contribution in [2.45, 2.75) is 39.3 Å². The number of nitrogens with two attached hydrogens (primary N) is 1. The third kappa shape index (κ3) is 3.66. The zero-order valence-electron chi connectivity index (χ0n) is 10.2. The van der Waals surface area contributed by atoms with E-state index in [0.717, 1.165) is 12.8 Å². The molecule has 0 aliphatic heterocycles. The van der Waals surface area contributed by atoms with Gasteiger partial charge < -0.3 is 10.5 Å². The van der Waals surface area contributed by atoms with Gasteiger partial charge in [-0.25, -0.2) is 0 Å². The minimum Gasteiger partial charge on any atom is -0.434 e. The maximum atomic E-state index is 12.3. The first kappa shape index (κ1) is 13.9. The Balaban J connectivity index is 2.95. The number of halogens is 2. The quantitative estimate of drug-likeness (QED) is 0.826. The van der Waals surface area contributed by atoms with Crippen LogP contribution in [-0.4, -0.2) is 6.61 Å². The van der Waals surface area contributed by atoms with Crippen molar-refractivity contribution in [1.29, 1.82) is 0 Å². The van der Waals surface area contributed by atoms with E-state index in [1.54, 1.807) is 18.2 Å². The van der Waals surface area contributed by atoms with Crippen molar-refractivity contribution in [3.8, 4) is 5.75 Å². The van der Waals surface area contributed by atoms with Crippen molar-refractivity contribution in [2.75, 3.05) is 0 Å². The molecule has 1 atom stereocenters. The van der Waals surface area contributed by atoms with Crippen LogP contribution in [0.1, 0.15) is 38.3 Å². The van der Waals surface area contributed by atoms with Gasteiger partial charge in [-0.15, -0.1) is 0 Å². The summed E-state index contributed by atoms with van der Waals surface area (Å²) < 4.78 is 29.0. The lowest BCUT2D eigenvalue weighted by Crippen LogP contribution is -2.21. The highest BCUT2D eigenvalue weighted by Crippen LogP contribution is 2.32. The molecule has 0 bridgehead atoms. The Hall–Kier alpha value is -1.16. The third-order valence-electron chi connectivity index (χ3n) is 3.05. The number of hydrogen-bond acceptors (Lipinski definition) is 2. The van der Waals surface area contributed by atoms with Crippen molar-refractivity contribution in [2.24, 2.45) is 11.7 Å². The first-order valence-corrected chi connectivity index (χ1v) is 5.89. The number of alkyl halides is 2. The Morgan fingerprint density at radius 1 is 1.18 bits per heavy atom. The Kier molecular flexibility index (Phi) is 5.35. The molecule has 2 N–H and O–H groups in total. The monoisotopic (exact) mass is 243 g/mol. The summed E-state index contributed by atoms with van der Waals surface area (Å²) in [4.78, 5) is 0. The molecule has 1 rings (SSSR count). The van der Waals surface area contributed by atoms with E-state index in [1.807, 2.05) is 13.8 Å². The molecule has 0 amide bonds. The highest BCUT2D eigenvalue weighted by molar-refractivity contribution is 5.36. The van der Waals surface area contributed by atoms with Crippen molar-refractivity contribution < 1.29 is 13.5 Å². The van der Waals surface area contributed by atoms with Crippen LogP contribution in [0.2, 0.25) is 0 Å². The molecular formula is C13H19F2NO. The summed E-state index contributed by atoms with van der Waals surface area (Å²) in [7, 11) is 0. The summed E-state index contributed by atoms with van der Waals surface area (Å²) >= 11 is 0. The predicted molar refractivity (Wildman–Crippen MR) is 64.1 cm³/mol. The fraction of sp³-hybridized carbons (Fsp3) is 0.538. The first-order valence-electron chi connectivity index (χ1n) is 5.89. The van der Waals surface area contributed by atoms with E-state index in [0.29, 0.717) is 5.56 Å². The van der Waals surface area contributed by atoms with Gasteiger partial charge in [0.25, 0.3) is 0 Å². The van der Waals surface area contributed by atoms with E-state index < -0.39 is 6.61 Å². The molecule has 0 spiro atoms. The van der Waals surface area contributed by atoms with Crippen LogP contribution in [0.5, 0.6) is 5.75 Å². The van der Waals surface area contributed by atoms with Crippen LogP contribution in [0.15, 0.2) is 24.3 Å². The van der Waals surface area contributed by atoms with Gasteiger partial charge in [0, 0.05) is 11.6 Å². The lowest BCUT2D eigenvalue weighted by atomic mass is 9.89. The van der Waals surface area contributed by atoms with Crippen LogP contribution in [0, 0.1) is 5.92 Å². The smallest absolute Gasteiger partial charge is 0.387 e. The molecule has 1 aromatic rings. The van der Waals surface area contributed by atoms with Crippen molar-refractivity contribution in [3.05, 3.63) is 29.8 Å². The summed E-state index contributed by atoms with van der Waals surface area (Å²) in [5.74, 6) is 0.458. The maximum Gasteiger partial charge on any atom is 0.387 e. The number of rotatable bonds is 6. The molecule has 0 radical (unpaired) electrons. The second-order valence-corrected chi connectivity index (χ2v) is 4.02. The molecule has 1 unspecified atom stereocenters. The van der Waals surface area contributed by atoms with E-state index in [2.05, 4.69) is 4.74 Å². The van der Waals surface area contributed by atoms with Crippen LogP contribution in [0.3, 0.4) is 0 Å². The average Bonchev–Trinajstić information content (AvgIpc) is 2.30. The van der Waals surface area contributed by atoms with Crippen LogP contribution in [0.25, 0.3) is 0 Å². The molecule has 0 aliphatic rings. The molecule has 0 fully saturated rings. The van der Waals surface area contributed by atoms with Gasteiger partial charge in [0.05, 0.1) is 0 Å².